The van der Waals surface area contributed by atoms with Crippen LogP contribution in [-0.4, -0.2) is 27.3 Å². The van der Waals surface area contributed by atoms with Crippen LogP contribution in [0.4, 0.5) is 0 Å². The summed E-state index contributed by atoms with van der Waals surface area (Å²) >= 11 is 0. The molecule has 0 aliphatic rings. The lowest BCUT2D eigenvalue weighted by molar-refractivity contribution is 0.416. The number of pyridine rings is 1. The van der Waals surface area contributed by atoms with Crippen molar-refractivity contribution in [3.63, 3.8) is 0 Å². The molecular weight excluding hydrogens is 336 g/mol. The van der Waals surface area contributed by atoms with Crippen molar-refractivity contribution in [3.8, 4) is 28.0 Å². The monoisotopic (exact) mass is 354 g/mol. The van der Waals surface area contributed by atoms with Gasteiger partial charge in [0.15, 0.2) is 0 Å². The number of fused-ring (bicyclic) bond motifs is 2. The van der Waals surface area contributed by atoms with Gasteiger partial charge >= 0.3 is 0 Å². The Labute approximate surface area is 156 Å². The van der Waals surface area contributed by atoms with E-state index < -0.39 is 0 Å². The summed E-state index contributed by atoms with van der Waals surface area (Å²) < 4.78 is 5.54. The molecular formula is C22H18N4O. The Bertz CT molecular complexity index is 1280. The molecule has 0 radical (unpaired) electrons. The lowest BCUT2D eigenvalue weighted by Gasteiger charge is -2.08. The molecule has 0 saturated carbocycles. The number of nitrogens with zero attached hydrogens (tertiary/aromatic N) is 2. The minimum Gasteiger partial charge on any atom is -0.496 e. The number of aryl methyl sites for hydroxylation is 1. The van der Waals surface area contributed by atoms with E-state index in [-0.39, 0.29) is 0 Å². The third-order valence-corrected chi connectivity index (χ3v) is 5.01. The summed E-state index contributed by atoms with van der Waals surface area (Å²) in [6.45, 7) is 2.09. The molecule has 5 heteroatoms. The van der Waals surface area contributed by atoms with Crippen LogP contribution in [0, 0.1) is 6.92 Å². The van der Waals surface area contributed by atoms with Crippen molar-refractivity contribution in [2.24, 2.45) is 0 Å². The van der Waals surface area contributed by atoms with E-state index in [1.165, 1.54) is 5.56 Å². The zero-order chi connectivity index (χ0) is 18.4. The molecule has 3 aromatic heterocycles. The van der Waals surface area contributed by atoms with E-state index in [0.29, 0.717) is 0 Å². The van der Waals surface area contributed by atoms with Gasteiger partial charge in [-0.05, 0) is 42.3 Å². The standard InChI is InChI=1S/C22H18N4O/c1-13-7-14(8-16-11-25-26-21(13)16)15-9-18-19(12-24-22(18)23-10-15)17-5-3-4-6-20(17)27-2/h3-12H,1-2H3,(H,23,24)(H,25,26). The maximum Gasteiger partial charge on any atom is 0.137 e. The first-order valence-electron chi connectivity index (χ1n) is 8.79. The van der Waals surface area contributed by atoms with Crippen LogP contribution in [0.25, 0.3) is 44.2 Å². The molecule has 0 amide bonds. The molecule has 0 aliphatic carbocycles. The topological polar surface area (TPSA) is 66.6 Å². The molecule has 0 bridgehead atoms. The van der Waals surface area contributed by atoms with Crippen LogP contribution in [-0.2, 0) is 0 Å². The van der Waals surface area contributed by atoms with Crippen molar-refractivity contribution < 1.29 is 4.74 Å². The van der Waals surface area contributed by atoms with E-state index in [4.69, 9.17) is 4.74 Å². The van der Waals surface area contributed by atoms with Crippen LogP contribution >= 0.6 is 0 Å². The molecule has 5 rings (SSSR count). The summed E-state index contributed by atoms with van der Waals surface area (Å²) in [6, 6.07) is 14.5. The summed E-state index contributed by atoms with van der Waals surface area (Å²) in [5.74, 6) is 0.847. The fourth-order valence-electron chi connectivity index (χ4n) is 3.65. The minimum absolute atomic E-state index is 0.847. The molecule has 27 heavy (non-hydrogen) atoms. The fraction of sp³-hybridized carbons (Fsp3) is 0.0909. The second kappa shape index (κ2) is 5.99. The number of methoxy groups -OCH3 is 1. The number of hydrogen-bond donors (Lipinski definition) is 2. The predicted octanol–water partition coefficient (Wildman–Crippen LogP) is 5.09. The maximum absolute atomic E-state index is 5.54. The van der Waals surface area contributed by atoms with Gasteiger partial charge in [-0.15, -0.1) is 0 Å². The number of rotatable bonds is 3. The first kappa shape index (κ1) is 15.6. The highest BCUT2D eigenvalue weighted by Gasteiger charge is 2.13. The van der Waals surface area contributed by atoms with E-state index in [1.807, 2.05) is 36.8 Å². The number of H-pyrrole nitrogens is 2. The van der Waals surface area contributed by atoms with Crippen molar-refractivity contribution >= 4 is 21.9 Å². The van der Waals surface area contributed by atoms with Gasteiger partial charge in [-0.25, -0.2) is 4.98 Å². The molecule has 132 valence electrons. The summed E-state index contributed by atoms with van der Waals surface area (Å²) in [4.78, 5) is 7.91. The highest BCUT2D eigenvalue weighted by molar-refractivity contribution is 5.98. The van der Waals surface area contributed by atoms with Crippen LogP contribution in [0.2, 0.25) is 0 Å². The number of para-hydroxylation sites is 1. The predicted molar refractivity (Wildman–Crippen MR) is 108 cm³/mol. The Hall–Kier alpha value is -3.60. The lowest BCUT2D eigenvalue weighted by atomic mass is 9.99. The molecule has 5 nitrogen and oxygen atoms in total. The second-order valence-corrected chi connectivity index (χ2v) is 6.65. The van der Waals surface area contributed by atoms with Crippen LogP contribution < -0.4 is 4.74 Å². The summed E-state index contributed by atoms with van der Waals surface area (Å²) in [7, 11) is 1.69. The molecule has 0 fully saturated rings. The molecule has 2 N–H and O–H groups in total. The van der Waals surface area contributed by atoms with E-state index in [1.54, 1.807) is 7.11 Å². The van der Waals surface area contributed by atoms with Gasteiger partial charge < -0.3 is 9.72 Å². The molecule has 2 aromatic carbocycles. The second-order valence-electron chi connectivity index (χ2n) is 6.65. The van der Waals surface area contributed by atoms with Crippen LogP contribution in [0.15, 0.2) is 61.1 Å². The SMILES string of the molecule is COc1ccccc1-c1c[nH]c2ncc(-c3cc(C)c4[nH]ncc4c3)cc12. The fourth-order valence-corrected chi connectivity index (χ4v) is 3.65. The Balaban J connectivity index is 1.71. The first-order valence-corrected chi connectivity index (χ1v) is 8.79. The molecule has 0 unspecified atom stereocenters. The van der Waals surface area contributed by atoms with Gasteiger partial charge in [-0.2, -0.15) is 5.10 Å². The molecule has 0 saturated heterocycles. The van der Waals surface area contributed by atoms with Crippen LogP contribution in [0.5, 0.6) is 5.75 Å². The molecule has 0 spiro atoms. The smallest absolute Gasteiger partial charge is 0.137 e. The third kappa shape index (κ3) is 2.47. The van der Waals surface area contributed by atoms with E-state index in [0.717, 1.165) is 49.9 Å². The van der Waals surface area contributed by atoms with Crippen molar-refractivity contribution in [3.05, 3.63) is 66.6 Å². The van der Waals surface area contributed by atoms with Gasteiger partial charge in [0.05, 0.1) is 18.8 Å². The highest BCUT2D eigenvalue weighted by Crippen LogP contribution is 2.36. The molecule has 3 heterocycles. The molecule has 0 atom stereocenters. The number of hydrogen-bond acceptors (Lipinski definition) is 3. The Morgan fingerprint density at radius 1 is 0.963 bits per heavy atom. The van der Waals surface area contributed by atoms with Crippen LogP contribution in [0.1, 0.15) is 5.56 Å². The van der Waals surface area contributed by atoms with Crippen molar-refractivity contribution in [1.29, 1.82) is 0 Å². The molecule has 5 aromatic rings. The van der Waals surface area contributed by atoms with Crippen molar-refractivity contribution in [2.75, 3.05) is 7.11 Å². The molecule has 0 aliphatic heterocycles. The quantitative estimate of drug-likeness (QED) is 0.474. The number of ether oxygens (including phenoxy) is 1. The number of aromatic amines is 2. The summed E-state index contributed by atoms with van der Waals surface area (Å²) in [5, 5.41) is 9.37. The normalized spacial score (nSPS) is 11.3. The first-order chi connectivity index (χ1) is 13.2. The van der Waals surface area contributed by atoms with E-state index >= 15 is 0 Å². The number of nitrogens with one attached hydrogen (secondary N) is 2. The van der Waals surface area contributed by atoms with Gasteiger partial charge in [-0.3, -0.25) is 5.10 Å². The largest absolute Gasteiger partial charge is 0.496 e. The zero-order valence-electron chi connectivity index (χ0n) is 15.1. The van der Waals surface area contributed by atoms with Gasteiger partial charge in [0, 0.05) is 39.9 Å². The number of aromatic nitrogens is 4. The van der Waals surface area contributed by atoms with E-state index in [2.05, 4.69) is 51.4 Å². The third-order valence-electron chi connectivity index (χ3n) is 5.01. The van der Waals surface area contributed by atoms with Gasteiger partial charge in [0.25, 0.3) is 0 Å². The van der Waals surface area contributed by atoms with Crippen LogP contribution in [0.3, 0.4) is 0 Å². The zero-order valence-corrected chi connectivity index (χ0v) is 15.1. The minimum atomic E-state index is 0.847. The Kier molecular flexibility index (Phi) is 3.47. The average molecular weight is 354 g/mol. The van der Waals surface area contributed by atoms with Gasteiger partial charge in [0.1, 0.15) is 11.4 Å². The average Bonchev–Trinajstić information content (AvgIpc) is 3.34. The Morgan fingerprint density at radius 3 is 2.74 bits per heavy atom. The lowest BCUT2D eigenvalue weighted by Crippen LogP contribution is -1.87. The Morgan fingerprint density at radius 2 is 1.85 bits per heavy atom. The summed E-state index contributed by atoms with van der Waals surface area (Å²) in [5.41, 5.74) is 7.43. The van der Waals surface area contributed by atoms with E-state index in [9.17, 15) is 0 Å². The van der Waals surface area contributed by atoms with Gasteiger partial charge in [-0.1, -0.05) is 18.2 Å². The number of benzene rings is 2. The van der Waals surface area contributed by atoms with Crippen molar-refractivity contribution in [2.45, 2.75) is 6.92 Å². The van der Waals surface area contributed by atoms with Gasteiger partial charge in [0.2, 0.25) is 0 Å². The van der Waals surface area contributed by atoms with Crippen molar-refractivity contribution in [1.82, 2.24) is 20.2 Å². The highest BCUT2D eigenvalue weighted by atomic mass is 16.5. The maximum atomic E-state index is 5.54. The summed E-state index contributed by atoms with van der Waals surface area (Å²) in [6.07, 6.45) is 5.75.